The van der Waals surface area contributed by atoms with Gasteiger partial charge in [0.2, 0.25) is 0 Å². The lowest BCUT2D eigenvalue weighted by Gasteiger charge is -2.07. The summed E-state index contributed by atoms with van der Waals surface area (Å²) in [6, 6.07) is 9.33. The SMILES string of the molecule is O=c1[nH]c2cccc(O)c2c(=O)n1-c1ccc(F)cc1. The van der Waals surface area contributed by atoms with Gasteiger partial charge in [-0.3, -0.25) is 4.79 Å². The number of fused-ring (bicyclic) bond motifs is 1. The minimum atomic E-state index is -0.659. The molecule has 0 saturated heterocycles. The third-order valence-corrected chi connectivity index (χ3v) is 2.99. The Morgan fingerprint density at radius 1 is 1.05 bits per heavy atom. The summed E-state index contributed by atoms with van der Waals surface area (Å²) in [6.07, 6.45) is 0. The number of hydrogen-bond acceptors (Lipinski definition) is 3. The van der Waals surface area contributed by atoms with Gasteiger partial charge in [-0.15, -0.1) is 0 Å². The predicted molar refractivity (Wildman–Crippen MR) is 71.8 cm³/mol. The lowest BCUT2D eigenvalue weighted by atomic mass is 10.2. The molecule has 3 aromatic rings. The minimum Gasteiger partial charge on any atom is -0.507 e. The molecular weight excluding hydrogens is 263 g/mol. The fourth-order valence-corrected chi connectivity index (χ4v) is 2.07. The number of phenols is 1. The van der Waals surface area contributed by atoms with Crippen LogP contribution in [0.1, 0.15) is 0 Å². The molecule has 0 saturated carbocycles. The lowest BCUT2D eigenvalue weighted by molar-refractivity contribution is 0.481. The van der Waals surface area contributed by atoms with Crippen molar-refractivity contribution >= 4 is 10.9 Å². The quantitative estimate of drug-likeness (QED) is 0.705. The van der Waals surface area contributed by atoms with Crippen LogP contribution in [0.5, 0.6) is 5.75 Å². The van der Waals surface area contributed by atoms with E-state index >= 15 is 0 Å². The molecule has 2 aromatic carbocycles. The standard InChI is InChI=1S/C14H9FN2O3/c15-8-4-6-9(7-5-8)17-13(19)12-10(16-14(17)20)2-1-3-11(12)18/h1-7,18H,(H,16,20). The summed E-state index contributed by atoms with van der Waals surface area (Å²) in [5, 5.41) is 9.77. The predicted octanol–water partition coefficient (Wildman–Crippen LogP) is 1.52. The number of rotatable bonds is 1. The molecule has 20 heavy (non-hydrogen) atoms. The molecule has 0 spiro atoms. The number of hydrogen-bond donors (Lipinski definition) is 2. The second kappa shape index (κ2) is 4.34. The molecular formula is C14H9FN2O3. The zero-order valence-corrected chi connectivity index (χ0v) is 10.1. The van der Waals surface area contributed by atoms with Crippen LogP contribution >= 0.6 is 0 Å². The van der Waals surface area contributed by atoms with Crippen molar-refractivity contribution in [2.45, 2.75) is 0 Å². The van der Waals surface area contributed by atoms with Crippen LogP contribution in [-0.4, -0.2) is 14.7 Å². The van der Waals surface area contributed by atoms with Crippen molar-refractivity contribution in [3.8, 4) is 11.4 Å². The molecule has 0 unspecified atom stereocenters. The summed E-state index contributed by atoms with van der Waals surface area (Å²) in [6.45, 7) is 0. The van der Waals surface area contributed by atoms with Crippen molar-refractivity contribution in [1.29, 1.82) is 0 Å². The molecule has 1 heterocycles. The molecule has 6 heteroatoms. The Balaban J connectivity index is 2.43. The molecule has 1 aromatic heterocycles. The van der Waals surface area contributed by atoms with E-state index in [4.69, 9.17) is 0 Å². The number of nitrogens with zero attached hydrogens (tertiary/aromatic N) is 1. The second-order valence-electron chi connectivity index (χ2n) is 4.25. The van der Waals surface area contributed by atoms with Gasteiger partial charge < -0.3 is 10.1 Å². The van der Waals surface area contributed by atoms with E-state index in [9.17, 15) is 19.1 Å². The number of benzene rings is 2. The summed E-state index contributed by atoms with van der Waals surface area (Å²) in [4.78, 5) is 26.8. The van der Waals surface area contributed by atoms with Gasteiger partial charge >= 0.3 is 5.69 Å². The molecule has 100 valence electrons. The molecule has 0 fully saturated rings. The number of aromatic nitrogens is 2. The van der Waals surface area contributed by atoms with Crippen molar-refractivity contribution in [1.82, 2.24) is 9.55 Å². The van der Waals surface area contributed by atoms with Crippen LogP contribution in [0.2, 0.25) is 0 Å². The van der Waals surface area contributed by atoms with Crippen molar-refractivity contribution in [3.05, 3.63) is 69.1 Å². The van der Waals surface area contributed by atoms with Crippen LogP contribution in [0.25, 0.3) is 16.6 Å². The molecule has 2 N–H and O–H groups in total. The highest BCUT2D eigenvalue weighted by Gasteiger charge is 2.12. The topological polar surface area (TPSA) is 75.1 Å². The van der Waals surface area contributed by atoms with Gasteiger partial charge in [0.25, 0.3) is 5.56 Å². The summed E-state index contributed by atoms with van der Waals surface area (Å²) in [5.41, 5.74) is -0.839. The summed E-state index contributed by atoms with van der Waals surface area (Å²) >= 11 is 0. The first kappa shape index (κ1) is 12.2. The highest BCUT2D eigenvalue weighted by atomic mass is 19.1. The largest absolute Gasteiger partial charge is 0.507 e. The first-order chi connectivity index (χ1) is 9.58. The molecule has 0 aliphatic heterocycles. The smallest absolute Gasteiger partial charge is 0.333 e. The Labute approximate surface area is 111 Å². The van der Waals surface area contributed by atoms with Gasteiger partial charge in [0.15, 0.2) is 0 Å². The maximum absolute atomic E-state index is 12.9. The Kier molecular flexibility index (Phi) is 2.64. The Bertz CT molecular complexity index is 910. The fourth-order valence-electron chi connectivity index (χ4n) is 2.07. The number of H-pyrrole nitrogens is 1. The number of aromatic hydroxyl groups is 1. The molecule has 0 atom stereocenters. The van der Waals surface area contributed by atoms with Crippen LogP contribution in [-0.2, 0) is 0 Å². The van der Waals surface area contributed by atoms with Gasteiger partial charge in [-0.2, -0.15) is 0 Å². The Morgan fingerprint density at radius 2 is 1.75 bits per heavy atom. The molecule has 0 amide bonds. The molecule has 3 rings (SSSR count). The monoisotopic (exact) mass is 272 g/mol. The Morgan fingerprint density at radius 3 is 2.45 bits per heavy atom. The van der Waals surface area contributed by atoms with Crippen molar-refractivity contribution < 1.29 is 9.50 Å². The molecule has 5 nitrogen and oxygen atoms in total. The second-order valence-corrected chi connectivity index (χ2v) is 4.25. The number of aromatic amines is 1. The minimum absolute atomic E-state index is 0.0106. The first-order valence-corrected chi connectivity index (χ1v) is 5.81. The Hall–Kier alpha value is -2.89. The lowest BCUT2D eigenvalue weighted by Crippen LogP contribution is -2.33. The highest BCUT2D eigenvalue weighted by Crippen LogP contribution is 2.18. The maximum atomic E-state index is 12.9. The van der Waals surface area contributed by atoms with E-state index in [0.29, 0.717) is 0 Å². The molecule has 0 aliphatic carbocycles. The van der Waals surface area contributed by atoms with Gasteiger partial charge in [-0.05, 0) is 36.4 Å². The van der Waals surface area contributed by atoms with E-state index in [0.717, 1.165) is 16.7 Å². The van der Waals surface area contributed by atoms with Gasteiger partial charge in [0.05, 0.1) is 11.2 Å². The first-order valence-electron chi connectivity index (χ1n) is 5.81. The summed E-state index contributed by atoms with van der Waals surface area (Å²) in [7, 11) is 0. The number of phenolic OH excluding ortho intramolecular Hbond substituents is 1. The maximum Gasteiger partial charge on any atom is 0.333 e. The average molecular weight is 272 g/mol. The number of nitrogens with one attached hydrogen (secondary N) is 1. The van der Waals surface area contributed by atoms with E-state index in [-0.39, 0.29) is 22.3 Å². The van der Waals surface area contributed by atoms with Crippen molar-refractivity contribution in [3.63, 3.8) is 0 Å². The highest BCUT2D eigenvalue weighted by molar-refractivity contribution is 5.83. The van der Waals surface area contributed by atoms with E-state index in [1.165, 1.54) is 30.3 Å². The summed E-state index contributed by atoms with van der Waals surface area (Å²) in [5.74, 6) is -0.693. The van der Waals surface area contributed by atoms with Crippen LogP contribution in [0.4, 0.5) is 4.39 Å². The average Bonchev–Trinajstić information content (AvgIpc) is 2.40. The zero-order chi connectivity index (χ0) is 14.3. The fraction of sp³-hybridized carbons (Fsp3) is 0. The van der Waals surface area contributed by atoms with Crippen LogP contribution in [0, 0.1) is 5.82 Å². The van der Waals surface area contributed by atoms with Crippen molar-refractivity contribution in [2.24, 2.45) is 0 Å². The van der Waals surface area contributed by atoms with Crippen LogP contribution in [0.3, 0.4) is 0 Å². The molecule has 0 aliphatic rings. The van der Waals surface area contributed by atoms with E-state index < -0.39 is 17.1 Å². The third-order valence-electron chi connectivity index (χ3n) is 2.99. The van der Waals surface area contributed by atoms with Gasteiger partial charge in [0, 0.05) is 0 Å². The third kappa shape index (κ3) is 1.78. The van der Waals surface area contributed by atoms with E-state index in [2.05, 4.69) is 4.98 Å². The van der Waals surface area contributed by atoms with Gasteiger partial charge in [0.1, 0.15) is 17.0 Å². The molecule has 0 radical (unpaired) electrons. The van der Waals surface area contributed by atoms with E-state index in [1.807, 2.05) is 0 Å². The van der Waals surface area contributed by atoms with Gasteiger partial charge in [-0.1, -0.05) is 6.07 Å². The zero-order valence-electron chi connectivity index (χ0n) is 10.1. The molecule has 0 bridgehead atoms. The normalized spacial score (nSPS) is 10.8. The number of halogens is 1. The summed E-state index contributed by atoms with van der Waals surface area (Å²) < 4.78 is 13.8. The van der Waals surface area contributed by atoms with E-state index in [1.54, 1.807) is 0 Å². The van der Waals surface area contributed by atoms with Crippen LogP contribution < -0.4 is 11.2 Å². The van der Waals surface area contributed by atoms with Crippen molar-refractivity contribution in [2.75, 3.05) is 0 Å². The van der Waals surface area contributed by atoms with Crippen LogP contribution in [0.15, 0.2) is 52.1 Å². The van der Waals surface area contributed by atoms with Gasteiger partial charge in [-0.25, -0.2) is 13.8 Å².